The summed E-state index contributed by atoms with van der Waals surface area (Å²) in [5, 5.41) is 4.11. The average Bonchev–Trinajstić information content (AvgIpc) is 2.95. The number of ether oxygens (including phenoxy) is 2. The number of methoxy groups -OCH3 is 1. The molecular weight excluding hydrogens is 347 g/mol. The van der Waals surface area contributed by atoms with Crippen LogP contribution in [0.5, 0.6) is 5.75 Å². The van der Waals surface area contributed by atoms with E-state index in [1.807, 2.05) is 24.3 Å². The Balaban J connectivity index is 1.77. The first kappa shape index (κ1) is 18.7. The van der Waals surface area contributed by atoms with Crippen LogP contribution in [0, 0.1) is 5.92 Å². The average molecular weight is 369 g/mol. The second-order valence-corrected chi connectivity index (χ2v) is 6.53. The van der Waals surface area contributed by atoms with Gasteiger partial charge >= 0.3 is 6.18 Å². The molecule has 2 heterocycles. The number of alkyl halides is 3. The van der Waals surface area contributed by atoms with E-state index >= 15 is 0 Å². The Labute approximate surface area is 150 Å². The van der Waals surface area contributed by atoms with Crippen molar-refractivity contribution >= 4 is 0 Å². The molecule has 0 amide bonds. The van der Waals surface area contributed by atoms with Crippen LogP contribution in [0.4, 0.5) is 13.2 Å². The lowest BCUT2D eigenvalue weighted by Gasteiger charge is -2.21. The third-order valence-corrected chi connectivity index (χ3v) is 4.37. The van der Waals surface area contributed by atoms with Gasteiger partial charge in [0, 0.05) is 26.1 Å². The molecule has 3 rings (SSSR count). The Morgan fingerprint density at radius 3 is 2.65 bits per heavy atom. The van der Waals surface area contributed by atoms with Gasteiger partial charge in [-0.3, -0.25) is 0 Å². The van der Waals surface area contributed by atoms with E-state index < -0.39 is 12.7 Å². The van der Waals surface area contributed by atoms with Crippen molar-refractivity contribution in [3.05, 3.63) is 41.5 Å². The lowest BCUT2D eigenvalue weighted by Crippen LogP contribution is -2.24. The van der Waals surface area contributed by atoms with Crippen LogP contribution in [0.25, 0.3) is 0 Å². The van der Waals surface area contributed by atoms with Crippen LogP contribution < -0.4 is 4.74 Å². The Morgan fingerprint density at radius 1 is 1.27 bits per heavy atom. The van der Waals surface area contributed by atoms with Crippen LogP contribution in [-0.4, -0.2) is 41.3 Å². The summed E-state index contributed by atoms with van der Waals surface area (Å²) in [6.45, 7) is 0.159. The van der Waals surface area contributed by atoms with E-state index in [2.05, 4.69) is 10.1 Å². The number of nitrogens with zero attached hydrogens (tertiary/aromatic N) is 3. The molecule has 0 saturated carbocycles. The molecular formula is C18H22F3N3O2. The molecule has 1 aliphatic rings. The molecule has 1 atom stereocenters. The number of benzene rings is 1. The Kier molecular flexibility index (Phi) is 5.80. The van der Waals surface area contributed by atoms with Crippen molar-refractivity contribution in [2.24, 2.45) is 5.92 Å². The molecule has 0 bridgehead atoms. The number of hydrogen-bond donors (Lipinski definition) is 0. The molecule has 0 aliphatic carbocycles. The zero-order valence-corrected chi connectivity index (χ0v) is 14.6. The molecule has 0 radical (unpaired) electrons. The van der Waals surface area contributed by atoms with Crippen molar-refractivity contribution in [1.82, 2.24) is 14.8 Å². The molecule has 1 fully saturated rings. The highest BCUT2D eigenvalue weighted by Gasteiger charge is 2.31. The summed E-state index contributed by atoms with van der Waals surface area (Å²) in [6.07, 6.45) is -1.64. The molecule has 8 heteroatoms. The molecule has 1 saturated heterocycles. The molecule has 5 nitrogen and oxygen atoms in total. The molecule has 2 aromatic rings. The molecule has 142 valence electrons. The van der Waals surface area contributed by atoms with Gasteiger partial charge in [0.25, 0.3) is 0 Å². The Bertz CT molecular complexity index is 707. The topological polar surface area (TPSA) is 49.2 Å². The van der Waals surface area contributed by atoms with Gasteiger partial charge in [-0.15, -0.1) is 0 Å². The van der Waals surface area contributed by atoms with Gasteiger partial charge in [-0.05, 0) is 36.5 Å². The predicted molar refractivity (Wildman–Crippen MR) is 89.1 cm³/mol. The minimum atomic E-state index is -4.33. The number of hydrogen-bond acceptors (Lipinski definition) is 4. The molecule has 0 spiro atoms. The van der Waals surface area contributed by atoms with Crippen molar-refractivity contribution in [3.8, 4) is 5.75 Å². The van der Waals surface area contributed by atoms with Gasteiger partial charge in [0.05, 0.1) is 7.11 Å². The van der Waals surface area contributed by atoms with E-state index in [1.165, 1.54) is 0 Å². The second-order valence-electron chi connectivity index (χ2n) is 6.53. The van der Waals surface area contributed by atoms with Gasteiger partial charge in [0.2, 0.25) is 0 Å². The third-order valence-electron chi connectivity index (χ3n) is 4.37. The highest BCUT2D eigenvalue weighted by atomic mass is 19.4. The first-order valence-electron chi connectivity index (χ1n) is 8.63. The van der Waals surface area contributed by atoms with Crippen LogP contribution in [0.15, 0.2) is 24.3 Å². The highest BCUT2D eigenvalue weighted by Crippen LogP contribution is 2.22. The normalized spacial score (nSPS) is 18.1. The van der Waals surface area contributed by atoms with Crippen LogP contribution >= 0.6 is 0 Å². The number of aromatic nitrogens is 3. The number of rotatable bonds is 6. The molecule has 1 aliphatic heterocycles. The van der Waals surface area contributed by atoms with E-state index in [1.54, 1.807) is 7.11 Å². The van der Waals surface area contributed by atoms with Crippen LogP contribution in [-0.2, 0) is 24.1 Å². The first-order chi connectivity index (χ1) is 12.4. The predicted octanol–water partition coefficient (Wildman–Crippen LogP) is 3.41. The van der Waals surface area contributed by atoms with Gasteiger partial charge in [0.15, 0.2) is 5.82 Å². The maximum atomic E-state index is 12.9. The highest BCUT2D eigenvalue weighted by molar-refractivity contribution is 5.28. The van der Waals surface area contributed by atoms with Crippen LogP contribution in [0.1, 0.15) is 30.1 Å². The standard InChI is InChI=1S/C18H22F3N3O2/c1-25-15-6-4-13(5-7-15)9-16-22-17(10-14-3-2-8-26-11-14)24(23-16)12-18(19,20)21/h4-7,14H,2-3,8-12H2,1H3/t14-/m1/s1. The van der Waals surface area contributed by atoms with Crippen molar-refractivity contribution in [1.29, 1.82) is 0 Å². The van der Waals surface area contributed by atoms with Crippen LogP contribution in [0.3, 0.4) is 0 Å². The number of halogens is 3. The summed E-state index contributed by atoms with van der Waals surface area (Å²) in [7, 11) is 1.58. The zero-order chi connectivity index (χ0) is 18.6. The Hall–Kier alpha value is -2.09. The smallest absolute Gasteiger partial charge is 0.408 e. The Morgan fingerprint density at radius 2 is 2.04 bits per heavy atom. The fraction of sp³-hybridized carbons (Fsp3) is 0.556. The second kappa shape index (κ2) is 8.07. The maximum Gasteiger partial charge on any atom is 0.408 e. The van der Waals surface area contributed by atoms with Gasteiger partial charge in [-0.1, -0.05) is 12.1 Å². The monoisotopic (exact) mass is 369 g/mol. The first-order valence-corrected chi connectivity index (χ1v) is 8.63. The van der Waals surface area contributed by atoms with Gasteiger partial charge < -0.3 is 9.47 Å². The van der Waals surface area contributed by atoms with E-state index in [0.29, 0.717) is 37.7 Å². The third kappa shape index (κ3) is 5.20. The summed E-state index contributed by atoms with van der Waals surface area (Å²) >= 11 is 0. The SMILES string of the molecule is COc1ccc(Cc2nc(C[C@H]3CCCOC3)n(CC(F)(F)F)n2)cc1. The molecule has 0 unspecified atom stereocenters. The van der Waals surface area contributed by atoms with E-state index in [0.717, 1.165) is 28.8 Å². The molecule has 0 N–H and O–H groups in total. The van der Waals surface area contributed by atoms with E-state index in [-0.39, 0.29) is 5.92 Å². The maximum absolute atomic E-state index is 12.9. The summed E-state index contributed by atoms with van der Waals surface area (Å²) in [4.78, 5) is 4.39. The van der Waals surface area contributed by atoms with Crippen molar-refractivity contribution in [3.63, 3.8) is 0 Å². The largest absolute Gasteiger partial charge is 0.497 e. The summed E-state index contributed by atoms with van der Waals surface area (Å²) in [6, 6.07) is 7.33. The minimum Gasteiger partial charge on any atom is -0.497 e. The minimum absolute atomic E-state index is 0.189. The molecule has 1 aromatic carbocycles. The van der Waals surface area contributed by atoms with Gasteiger partial charge in [0.1, 0.15) is 18.1 Å². The van der Waals surface area contributed by atoms with Crippen molar-refractivity contribution in [2.75, 3.05) is 20.3 Å². The van der Waals surface area contributed by atoms with Crippen molar-refractivity contribution < 1.29 is 22.6 Å². The van der Waals surface area contributed by atoms with Gasteiger partial charge in [-0.25, -0.2) is 9.67 Å². The summed E-state index contributed by atoms with van der Waals surface area (Å²) in [5.74, 6) is 1.68. The quantitative estimate of drug-likeness (QED) is 0.783. The molecule has 1 aromatic heterocycles. The fourth-order valence-electron chi connectivity index (χ4n) is 3.10. The van der Waals surface area contributed by atoms with Crippen LogP contribution in [0.2, 0.25) is 0 Å². The zero-order valence-electron chi connectivity index (χ0n) is 14.6. The lowest BCUT2D eigenvalue weighted by molar-refractivity contribution is -0.143. The summed E-state index contributed by atoms with van der Waals surface area (Å²) in [5.41, 5.74) is 0.919. The fourth-order valence-corrected chi connectivity index (χ4v) is 3.10. The molecule has 26 heavy (non-hydrogen) atoms. The lowest BCUT2D eigenvalue weighted by atomic mass is 9.98. The summed E-state index contributed by atoms with van der Waals surface area (Å²) < 4.78 is 50.2. The van der Waals surface area contributed by atoms with Crippen molar-refractivity contribution in [2.45, 2.75) is 38.4 Å². The van der Waals surface area contributed by atoms with Gasteiger partial charge in [-0.2, -0.15) is 18.3 Å². The van der Waals surface area contributed by atoms with E-state index in [4.69, 9.17) is 9.47 Å². The van der Waals surface area contributed by atoms with E-state index in [9.17, 15) is 13.2 Å².